The quantitative estimate of drug-likeness (QED) is 0.453. The highest BCUT2D eigenvalue weighted by Crippen LogP contribution is 2.59. The zero-order chi connectivity index (χ0) is 15.3. The lowest BCUT2D eigenvalue weighted by molar-refractivity contribution is -0.00811. The lowest BCUT2D eigenvalue weighted by atomic mass is 9.48. The first kappa shape index (κ1) is 15.3. The van der Waals surface area contributed by atoms with Gasteiger partial charge in [0, 0.05) is 0 Å². The Morgan fingerprint density at radius 1 is 1.33 bits per heavy atom. The summed E-state index contributed by atoms with van der Waals surface area (Å²) in [4.78, 5) is 0. The summed E-state index contributed by atoms with van der Waals surface area (Å²) >= 11 is 0. The van der Waals surface area contributed by atoms with Crippen molar-refractivity contribution in [2.75, 3.05) is 0 Å². The largest absolute Gasteiger partial charge is 0.367 e. The van der Waals surface area contributed by atoms with Gasteiger partial charge in [-0.25, -0.2) is 0 Å². The molecule has 0 aromatic heterocycles. The molecule has 0 N–H and O–H groups in total. The summed E-state index contributed by atoms with van der Waals surface area (Å²) in [5, 5.41) is 0. The van der Waals surface area contributed by atoms with Crippen molar-refractivity contribution in [3.8, 4) is 0 Å². The van der Waals surface area contributed by atoms with Gasteiger partial charge in [0.2, 0.25) is 0 Å². The average molecular weight is 288 g/mol. The third-order valence-electron chi connectivity index (χ3n) is 6.47. The summed E-state index contributed by atoms with van der Waals surface area (Å²) in [5.74, 6) is 1.84. The summed E-state index contributed by atoms with van der Waals surface area (Å²) in [5.41, 5.74) is 4.03. The number of rotatable bonds is 6. The fourth-order valence-electron chi connectivity index (χ4n) is 4.44. The summed E-state index contributed by atoms with van der Waals surface area (Å²) in [6, 6.07) is 0. The molecule has 2 fully saturated rings. The van der Waals surface area contributed by atoms with Crippen LogP contribution in [0.5, 0.6) is 0 Å². The molecule has 0 aromatic carbocycles. The fraction of sp³-hybridized carbons (Fsp3) is 0.800. The highest BCUT2D eigenvalue weighted by atomic mass is 16.6. The van der Waals surface area contributed by atoms with Crippen molar-refractivity contribution >= 4 is 0 Å². The molecule has 0 radical (unpaired) electrons. The molecule has 1 saturated heterocycles. The maximum absolute atomic E-state index is 5.66. The van der Waals surface area contributed by atoms with E-state index in [-0.39, 0.29) is 5.60 Å². The smallest absolute Gasteiger partial charge is 0.0892 e. The van der Waals surface area contributed by atoms with Crippen LogP contribution in [0.4, 0.5) is 0 Å². The lowest BCUT2D eigenvalue weighted by Crippen LogP contribution is -2.47. The Morgan fingerprint density at radius 2 is 2.05 bits per heavy atom. The van der Waals surface area contributed by atoms with E-state index >= 15 is 0 Å². The lowest BCUT2D eigenvalue weighted by Gasteiger charge is -2.56. The van der Waals surface area contributed by atoms with Gasteiger partial charge >= 0.3 is 0 Å². The van der Waals surface area contributed by atoms with Gasteiger partial charge in [-0.15, -0.1) is 0 Å². The normalized spacial score (nSPS) is 36.0. The maximum atomic E-state index is 5.66. The van der Waals surface area contributed by atoms with E-state index in [1.165, 1.54) is 38.5 Å². The van der Waals surface area contributed by atoms with Crippen LogP contribution in [0.2, 0.25) is 0 Å². The highest BCUT2D eigenvalue weighted by molar-refractivity contribution is 5.23. The second-order valence-electron chi connectivity index (χ2n) is 8.66. The first-order valence-electron chi connectivity index (χ1n) is 8.83. The third kappa shape index (κ3) is 2.99. The molecule has 3 aliphatic carbocycles. The first-order chi connectivity index (χ1) is 9.80. The zero-order valence-corrected chi connectivity index (χ0v) is 14.5. The van der Waals surface area contributed by atoms with E-state index in [1.54, 1.807) is 11.1 Å². The topological polar surface area (TPSA) is 12.5 Å². The molecule has 3 atom stereocenters. The number of ether oxygens (including phenoxy) is 1. The van der Waals surface area contributed by atoms with Crippen LogP contribution < -0.4 is 0 Å². The van der Waals surface area contributed by atoms with Crippen LogP contribution in [0.25, 0.3) is 0 Å². The molecular formula is C20H32O. The van der Waals surface area contributed by atoms with Crippen LogP contribution in [0.3, 0.4) is 0 Å². The van der Waals surface area contributed by atoms with Gasteiger partial charge in [-0.05, 0) is 76.5 Å². The van der Waals surface area contributed by atoms with Crippen LogP contribution in [-0.4, -0.2) is 11.7 Å². The van der Waals surface area contributed by atoms with E-state index in [9.17, 15) is 0 Å². The molecule has 118 valence electrons. The minimum Gasteiger partial charge on any atom is -0.367 e. The van der Waals surface area contributed by atoms with Crippen molar-refractivity contribution in [2.45, 2.75) is 84.8 Å². The highest BCUT2D eigenvalue weighted by Gasteiger charge is 2.50. The number of hydrogen-bond donors (Lipinski definition) is 0. The minimum atomic E-state index is 0.152. The van der Waals surface area contributed by atoms with Gasteiger partial charge in [0.05, 0.1) is 11.7 Å². The molecule has 1 unspecified atom stereocenters. The second kappa shape index (κ2) is 5.26. The maximum Gasteiger partial charge on any atom is 0.0892 e. The van der Waals surface area contributed by atoms with E-state index in [1.807, 2.05) is 0 Å². The predicted octanol–water partition coefficient (Wildman–Crippen LogP) is 5.66. The monoisotopic (exact) mass is 288 g/mol. The summed E-state index contributed by atoms with van der Waals surface area (Å²) in [7, 11) is 0. The van der Waals surface area contributed by atoms with Gasteiger partial charge in [-0.3, -0.25) is 0 Å². The van der Waals surface area contributed by atoms with E-state index in [0.29, 0.717) is 11.5 Å². The van der Waals surface area contributed by atoms with E-state index in [0.717, 1.165) is 11.8 Å². The molecule has 0 spiro atoms. The van der Waals surface area contributed by atoms with E-state index < -0.39 is 0 Å². The Morgan fingerprint density at radius 3 is 2.62 bits per heavy atom. The van der Waals surface area contributed by atoms with Gasteiger partial charge in [0.15, 0.2) is 0 Å². The van der Waals surface area contributed by atoms with Crippen molar-refractivity contribution < 1.29 is 4.74 Å². The number of hydrogen-bond acceptors (Lipinski definition) is 1. The molecule has 1 saturated carbocycles. The Balaban J connectivity index is 1.41. The van der Waals surface area contributed by atoms with Gasteiger partial charge in [0.1, 0.15) is 0 Å². The minimum absolute atomic E-state index is 0.152. The Hall–Kier alpha value is -0.560. The van der Waals surface area contributed by atoms with Gasteiger partial charge in [-0.1, -0.05) is 37.1 Å². The SMILES string of the molecule is C/C(=C\CCC1=CC[C@@H]2C[C@H]1C2(C)C)CCC1OC1(C)C. The zero-order valence-electron chi connectivity index (χ0n) is 14.5. The first-order valence-corrected chi connectivity index (χ1v) is 8.83. The second-order valence-corrected chi connectivity index (χ2v) is 8.66. The van der Waals surface area contributed by atoms with Crippen molar-refractivity contribution in [2.24, 2.45) is 17.3 Å². The van der Waals surface area contributed by atoms with Crippen molar-refractivity contribution in [1.29, 1.82) is 0 Å². The van der Waals surface area contributed by atoms with Crippen molar-refractivity contribution in [3.05, 3.63) is 23.3 Å². The van der Waals surface area contributed by atoms with Crippen LogP contribution in [0.15, 0.2) is 23.3 Å². The van der Waals surface area contributed by atoms with Crippen LogP contribution in [0, 0.1) is 17.3 Å². The molecule has 2 bridgehead atoms. The van der Waals surface area contributed by atoms with Crippen LogP contribution >= 0.6 is 0 Å². The Kier molecular flexibility index (Phi) is 3.84. The third-order valence-corrected chi connectivity index (χ3v) is 6.47. The fourth-order valence-corrected chi connectivity index (χ4v) is 4.44. The van der Waals surface area contributed by atoms with E-state index in [4.69, 9.17) is 4.74 Å². The molecule has 1 heteroatoms. The Bertz CT molecular complexity index is 466. The molecular weight excluding hydrogens is 256 g/mol. The van der Waals surface area contributed by atoms with Gasteiger partial charge in [0.25, 0.3) is 0 Å². The van der Waals surface area contributed by atoms with Crippen LogP contribution in [0.1, 0.15) is 73.1 Å². The van der Waals surface area contributed by atoms with Crippen LogP contribution in [-0.2, 0) is 4.74 Å². The molecule has 1 aliphatic heterocycles. The molecule has 1 nitrogen and oxygen atoms in total. The van der Waals surface area contributed by atoms with Crippen molar-refractivity contribution in [3.63, 3.8) is 0 Å². The number of allylic oxidation sites excluding steroid dienone is 4. The molecule has 21 heavy (non-hydrogen) atoms. The molecule has 1 heterocycles. The Labute approximate surface area is 130 Å². The van der Waals surface area contributed by atoms with Gasteiger partial charge < -0.3 is 4.74 Å². The summed E-state index contributed by atoms with van der Waals surface area (Å²) in [6.07, 6.45) is 13.2. The standard InChI is InChI=1S/C20H32O/c1-14(9-12-18-20(4,5)21-18)7-6-8-15-10-11-16-13-17(15)19(16,2)3/h7,10,16-18H,6,8-9,11-13H2,1-5H3/b14-7+/t16-,17-,18?/m1/s1. The predicted molar refractivity (Wildman–Crippen MR) is 89.3 cm³/mol. The molecule has 4 rings (SSSR count). The summed E-state index contributed by atoms with van der Waals surface area (Å²) < 4.78 is 5.66. The number of fused-ring (bicyclic) bond motifs is 1. The molecule has 0 aromatic rings. The molecule has 0 amide bonds. The van der Waals surface area contributed by atoms with E-state index in [2.05, 4.69) is 46.8 Å². The van der Waals surface area contributed by atoms with Crippen molar-refractivity contribution in [1.82, 2.24) is 0 Å². The average Bonchev–Trinajstić information content (AvgIpc) is 3.04. The summed E-state index contributed by atoms with van der Waals surface area (Å²) in [6.45, 7) is 11.6. The molecule has 4 aliphatic rings. The van der Waals surface area contributed by atoms with Gasteiger partial charge in [-0.2, -0.15) is 0 Å². The number of epoxide rings is 1.